The molecule has 0 aliphatic carbocycles. The van der Waals surface area contributed by atoms with Gasteiger partial charge in [0.15, 0.2) is 5.41 Å². The molecule has 1 atom stereocenters. The molecule has 0 N–H and O–H groups in total. The molecular formula is C18H15FN2O3. The number of anilines is 1. The van der Waals surface area contributed by atoms with Gasteiger partial charge in [-0.2, -0.15) is 10.1 Å². The fraction of sp³-hybridized carbons (Fsp3) is 0.167. The number of benzene rings is 2. The summed E-state index contributed by atoms with van der Waals surface area (Å²) in [6, 6.07) is 13.9. The summed E-state index contributed by atoms with van der Waals surface area (Å²) in [5.74, 6) is -1.51. The van der Waals surface area contributed by atoms with Crippen LogP contribution in [-0.4, -0.2) is 17.6 Å². The molecule has 1 unspecified atom stereocenters. The molecule has 24 heavy (non-hydrogen) atoms. The summed E-state index contributed by atoms with van der Waals surface area (Å²) in [7, 11) is 0. The molecular weight excluding hydrogens is 311 g/mol. The van der Waals surface area contributed by atoms with Crippen molar-refractivity contribution in [2.75, 3.05) is 5.01 Å². The lowest BCUT2D eigenvalue weighted by molar-refractivity contribution is -0.146. The van der Waals surface area contributed by atoms with Gasteiger partial charge in [0.1, 0.15) is 11.6 Å². The first-order valence-electron chi connectivity index (χ1n) is 7.36. The summed E-state index contributed by atoms with van der Waals surface area (Å²) in [5, 5.41) is 5.41. The van der Waals surface area contributed by atoms with Gasteiger partial charge in [-0.15, -0.1) is 0 Å². The van der Waals surface area contributed by atoms with Crippen molar-refractivity contribution in [1.29, 1.82) is 0 Å². The standard InChI is InChI=1S/C18H15FN2O3/c1-12-18(2,17(23)24-15-10-8-13(19)9-11-15)16(22)21(20-12)14-6-4-3-5-7-14/h3-11H,1-2H3. The first-order chi connectivity index (χ1) is 11.4. The van der Waals surface area contributed by atoms with E-state index in [-0.39, 0.29) is 5.75 Å². The predicted octanol–water partition coefficient (Wildman–Crippen LogP) is 3.16. The van der Waals surface area contributed by atoms with Crippen LogP contribution in [0, 0.1) is 11.2 Å². The number of amides is 1. The Kier molecular flexibility index (Phi) is 3.89. The zero-order valence-electron chi connectivity index (χ0n) is 13.2. The number of esters is 1. The van der Waals surface area contributed by atoms with Gasteiger partial charge in [-0.25, -0.2) is 4.39 Å². The Balaban J connectivity index is 1.87. The first-order valence-corrected chi connectivity index (χ1v) is 7.36. The van der Waals surface area contributed by atoms with E-state index in [1.54, 1.807) is 31.2 Å². The van der Waals surface area contributed by atoms with E-state index in [1.165, 1.54) is 36.2 Å². The van der Waals surface area contributed by atoms with Gasteiger partial charge in [-0.05, 0) is 50.2 Å². The van der Waals surface area contributed by atoms with E-state index in [4.69, 9.17) is 4.74 Å². The fourth-order valence-electron chi connectivity index (χ4n) is 2.35. The quantitative estimate of drug-likeness (QED) is 0.494. The van der Waals surface area contributed by atoms with Crippen molar-refractivity contribution in [3.8, 4) is 5.75 Å². The molecule has 1 aliphatic rings. The van der Waals surface area contributed by atoms with Crippen LogP contribution in [0.25, 0.3) is 0 Å². The summed E-state index contributed by atoms with van der Waals surface area (Å²) in [5.41, 5.74) is -0.617. The van der Waals surface area contributed by atoms with Crippen LogP contribution in [0.2, 0.25) is 0 Å². The number of nitrogens with zero attached hydrogens (tertiary/aromatic N) is 2. The number of hydrazone groups is 1. The average molecular weight is 326 g/mol. The van der Waals surface area contributed by atoms with Crippen LogP contribution in [0.3, 0.4) is 0 Å². The van der Waals surface area contributed by atoms with Gasteiger partial charge in [0.2, 0.25) is 0 Å². The second-order valence-electron chi connectivity index (χ2n) is 5.61. The SMILES string of the molecule is CC1=NN(c2ccccc2)C(=O)C1(C)C(=O)Oc1ccc(F)cc1. The molecule has 2 aromatic rings. The van der Waals surface area contributed by atoms with Crippen LogP contribution in [0.1, 0.15) is 13.8 Å². The Morgan fingerprint density at radius 1 is 1.12 bits per heavy atom. The Bertz CT molecular complexity index is 818. The molecule has 0 bridgehead atoms. The van der Waals surface area contributed by atoms with Crippen LogP contribution < -0.4 is 9.75 Å². The van der Waals surface area contributed by atoms with Crippen molar-refractivity contribution in [2.24, 2.45) is 10.5 Å². The maximum atomic E-state index is 12.9. The topological polar surface area (TPSA) is 59.0 Å². The minimum Gasteiger partial charge on any atom is -0.425 e. The third kappa shape index (κ3) is 2.56. The monoisotopic (exact) mass is 326 g/mol. The Labute approximate surface area is 138 Å². The van der Waals surface area contributed by atoms with Gasteiger partial charge in [-0.3, -0.25) is 9.59 Å². The summed E-state index contributed by atoms with van der Waals surface area (Å²) < 4.78 is 18.2. The van der Waals surface area contributed by atoms with Crippen LogP contribution in [-0.2, 0) is 9.59 Å². The molecule has 2 aromatic carbocycles. The molecule has 3 rings (SSSR count). The molecule has 5 nitrogen and oxygen atoms in total. The van der Waals surface area contributed by atoms with Crippen molar-refractivity contribution in [1.82, 2.24) is 0 Å². The van der Waals surface area contributed by atoms with Gasteiger partial charge in [0.05, 0.1) is 11.4 Å². The van der Waals surface area contributed by atoms with Crippen molar-refractivity contribution >= 4 is 23.3 Å². The predicted molar refractivity (Wildman–Crippen MR) is 87.2 cm³/mol. The second-order valence-corrected chi connectivity index (χ2v) is 5.61. The molecule has 0 saturated carbocycles. The molecule has 6 heteroatoms. The lowest BCUT2D eigenvalue weighted by atomic mass is 9.85. The van der Waals surface area contributed by atoms with Gasteiger partial charge in [-0.1, -0.05) is 18.2 Å². The van der Waals surface area contributed by atoms with Crippen molar-refractivity contribution < 1.29 is 18.7 Å². The van der Waals surface area contributed by atoms with E-state index in [2.05, 4.69) is 5.10 Å². The van der Waals surface area contributed by atoms with Gasteiger partial charge in [0, 0.05) is 0 Å². The van der Waals surface area contributed by atoms with Crippen LogP contribution >= 0.6 is 0 Å². The zero-order valence-corrected chi connectivity index (χ0v) is 13.2. The molecule has 0 radical (unpaired) electrons. The van der Waals surface area contributed by atoms with E-state index >= 15 is 0 Å². The van der Waals surface area contributed by atoms with Crippen molar-refractivity contribution in [3.05, 3.63) is 60.4 Å². The third-order valence-corrected chi connectivity index (χ3v) is 4.03. The van der Waals surface area contributed by atoms with Crippen molar-refractivity contribution in [3.63, 3.8) is 0 Å². The van der Waals surface area contributed by atoms with E-state index in [9.17, 15) is 14.0 Å². The smallest absolute Gasteiger partial charge is 0.332 e. The van der Waals surface area contributed by atoms with Gasteiger partial charge >= 0.3 is 5.97 Å². The molecule has 122 valence electrons. The molecule has 1 amide bonds. The minimum absolute atomic E-state index is 0.168. The lowest BCUT2D eigenvalue weighted by Gasteiger charge is -2.21. The van der Waals surface area contributed by atoms with E-state index in [0.29, 0.717) is 11.4 Å². The Hall–Kier alpha value is -3.02. The lowest BCUT2D eigenvalue weighted by Crippen LogP contribution is -2.45. The highest BCUT2D eigenvalue weighted by atomic mass is 19.1. The van der Waals surface area contributed by atoms with Gasteiger partial charge < -0.3 is 4.74 Å². The summed E-state index contributed by atoms with van der Waals surface area (Å²) in [4.78, 5) is 25.3. The number of hydrogen-bond donors (Lipinski definition) is 0. The van der Waals surface area contributed by atoms with E-state index < -0.39 is 23.1 Å². The Morgan fingerprint density at radius 2 is 1.75 bits per heavy atom. The number of ether oxygens (including phenoxy) is 1. The fourth-order valence-corrected chi connectivity index (χ4v) is 2.35. The number of carbonyl (C=O) groups excluding carboxylic acids is 2. The zero-order chi connectivity index (χ0) is 17.3. The third-order valence-electron chi connectivity index (χ3n) is 4.03. The molecule has 0 aromatic heterocycles. The van der Waals surface area contributed by atoms with E-state index in [0.717, 1.165) is 0 Å². The number of halogens is 1. The van der Waals surface area contributed by atoms with E-state index in [1.807, 2.05) is 6.07 Å². The minimum atomic E-state index is -1.52. The molecule has 0 saturated heterocycles. The maximum Gasteiger partial charge on any atom is 0.332 e. The maximum absolute atomic E-state index is 12.9. The molecule has 1 aliphatic heterocycles. The average Bonchev–Trinajstić information content (AvgIpc) is 2.83. The first kappa shape index (κ1) is 15.9. The highest BCUT2D eigenvalue weighted by Crippen LogP contribution is 2.34. The number of hydrogen-bond acceptors (Lipinski definition) is 4. The van der Waals surface area contributed by atoms with Gasteiger partial charge in [0.25, 0.3) is 5.91 Å². The highest BCUT2D eigenvalue weighted by molar-refractivity contribution is 6.29. The summed E-state index contributed by atoms with van der Waals surface area (Å²) in [6.45, 7) is 3.08. The number of para-hydroxylation sites is 1. The molecule has 0 spiro atoms. The van der Waals surface area contributed by atoms with Crippen LogP contribution in [0.15, 0.2) is 59.7 Å². The Morgan fingerprint density at radius 3 is 2.38 bits per heavy atom. The summed E-state index contributed by atoms with van der Waals surface area (Å²) in [6.07, 6.45) is 0. The second kappa shape index (κ2) is 5.88. The molecule has 1 heterocycles. The largest absolute Gasteiger partial charge is 0.425 e. The van der Waals surface area contributed by atoms with Crippen LogP contribution in [0.4, 0.5) is 10.1 Å². The van der Waals surface area contributed by atoms with Crippen molar-refractivity contribution in [2.45, 2.75) is 13.8 Å². The number of rotatable bonds is 3. The number of carbonyl (C=O) groups is 2. The van der Waals surface area contributed by atoms with Crippen LogP contribution in [0.5, 0.6) is 5.75 Å². The summed E-state index contributed by atoms with van der Waals surface area (Å²) >= 11 is 0. The molecule has 0 fully saturated rings. The highest BCUT2D eigenvalue weighted by Gasteiger charge is 2.53. The normalized spacial score (nSPS) is 20.0.